The molecule has 3 nitrogen and oxygen atoms in total. The Hall–Kier alpha value is -0.680. The molecule has 0 fully saturated rings. The Bertz CT molecular complexity index is 402. The van der Waals surface area contributed by atoms with Crippen molar-refractivity contribution in [2.24, 2.45) is 5.84 Å². The van der Waals surface area contributed by atoms with Gasteiger partial charge in [-0.2, -0.15) is 0 Å². The average Bonchev–Trinajstić information content (AvgIpc) is 2.43. The first-order valence-electron chi connectivity index (χ1n) is 6.48. The third-order valence-corrected chi connectivity index (χ3v) is 4.15. The zero-order chi connectivity index (χ0) is 14.5. The summed E-state index contributed by atoms with van der Waals surface area (Å²) >= 11 is 5.80. The molecule has 5 heteroatoms. The van der Waals surface area contributed by atoms with Gasteiger partial charge in [0.1, 0.15) is 5.82 Å². The van der Waals surface area contributed by atoms with Crippen LogP contribution >= 0.6 is 11.6 Å². The SMILES string of the molecule is CCC(CC)(OC)C(Cc1ccc(F)c(Cl)c1)NN. The van der Waals surface area contributed by atoms with Crippen molar-refractivity contribution in [1.82, 2.24) is 5.43 Å². The molecule has 0 spiro atoms. The van der Waals surface area contributed by atoms with Gasteiger partial charge < -0.3 is 4.74 Å². The fourth-order valence-electron chi connectivity index (χ4n) is 2.47. The molecule has 0 saturated heterocycles. The van der Waals surface area contributed by atoms with Gasteiger partial charge in [-0.1, -0.05) is 31.5 Å². The van der Waals surface area contributed by atoms with Gasteiger partial charge >= 0.3 is 0 Å². The summed E-state index contributed by atoms with van der Waals surface area (Å²) in [6.07, 6.45) is 2.31. The van der Waals surface area contributed by atoms with Crippen LogP contribution in [0.2, 0.25) is 5.02 Å². The van der Waals surface area contributed by atoms with E-state index in [2.05, 4.69) is 19.3 Å². The number of nitrogens with one attached hydrogen (secondary N) is 1. The van der Waals surface area contributed by atoms with Crippen LogP contribution in [0.5, 0.6) is 0 Å². The third kappa shape index (κ3) is 3.66. The number of hydrazine groups is 1. The van der Waals surface area contributed by atoms with Gasteiger partial charge in [-0.15, -0.1) is 0 Å². The molecule has 0 aliphatic rings. The predicted octanol–water partition coefficient (Wildman–Crippen LogP) is 3.06. The predicted molar refractivity (Wildman–Crippen MR) is 76.5 cm³/mol. The molecule has 1 unspecified atom stereocenters. The molecular formula is C14H22ClFN2O. The van der Waals surface area contributed by atoms with Crippen LogP contribution in [0.25, 0.3) is 0 Å². The minimum absolute atomic E-state index is 0.0611. The largest absolute Gasteiger partial charge is 0.377 e. The van der Waals surface area contributed by atoms with Crippen LogP contribution in [0.15, 0.2) is 18.2 Å². The molecule has 1 atom stereocenters. The zero-order valence-electron chi connectivity index (χ0n) is 11.7. The highest BCUT2D eigenvalue weighted by Crippen LogP contribution is 2.27. The zero-order valence-corrected chi connectivity index (χ0v) is 12.4. The van der Waals surface area contributed by atoms with E-state index in [9.17, 15) is 4.39 Å². The molecule has 0 aliphatic heterocycles. The lowest BCUT2D eigenvalue weighted by Gasteiger charge is -2.38. The van der Waals surface area contributed by atoms with Crippen molar-refractivity contribution in [3.63, 3.8) is 0 Å². The number of benzene rings is 1. The van der Waals surface area contributed by atoms with E-state index in [1.807, 2.05) is 0 Å². The average molecular weight is 289 g/mol. The second kappa shape index (κ2) is 7.20. The van der Waals surface area contributed by atoms with E-state index < -0.39 is 5.82 Å². The van der Waals surface area contributed by atoms with Crippen LogP contribution in [-0.4, -0.2) is 18.8 Å². The summed E-state index contributed by atoms with van der Waals surface area (Å²) in [5, 5.41) is 0.129. The van der Waals surface area contributed by atoms with Crippen molar-refractivity contribution in [2.75, 3.05) is 7.11 Å². The van der Waals surface area contributed by atoms with Gasteiger partial charge in [-0.05, 0) is 37.0 Å². The molecule has 0 heterocycles. The van der Waals surface area contributed by atoms with Crippen molar-refractivity contribution >= 4 is 11.6 Å². The molecule has 108 valence electrons. The van der Waals surface area contributed by atoms with Crippen LogP contribution < -0.4 is 11.3 Å². The van der Waals surface area contributed by atoms with E-state index in [1.54, 1.807) is 19.2 Å². The number of halogens is 2. The molecule has 0 radical (unpaired) electrons. The summed E-state index contributed by atoms with van der Waals surface area (Å²) < 4.78 is 18.8. The quantitative estimate of drug-likeness (QED) is 0.599. The maximum absolute atomic E-state index is 13.2. The minimum Gasteiger partial charge on any atom is -0.377 e. The molecule has 0 aromatic heterocycles. The Balaban J connectivity index is 2.95. The smallest absolute Gasteiger partial charge is 0.141 e. The van der Waals surface area contributed by atoms with Gasteiger partial charge in [0.15, 0.2) is 0 Å². The number of ether oxygens (including phenoxy) is 1. The summed E-state index contributed by atoms with van der Waals surface area (Å²) in [7, 11) is 1.69. The van der Waals surface area contributed by atoms with E-state index >= 15 is 0 Å². The molecule has 0 bridgehead atoms. The van der Waals surface area contributed by atoms with Crippen LogP contribution in [0.4, 0.5) is 4.39 Å². The number of methoxy groups -OCH3 is 1. The maximum atomic E-state index is 13.2. The van der Waals surface area contributed by atoms with Crippen LogP contribution in [0, 0.1) is 5.82 Å². The Morgan fingerprint density at radius 2 is 2.05 bits per heavy atom. The molecule has 19 heavy (non-hydrogen) atoms. The second-order valence-corrected chi connectivity index (χ2v) is 5.06. The Kier molecular flexibility index (Phi) is 6.20. The first-order chi connectivity index (χ1) is 9.02. The molecule has 1 aromatic carbocycles. The van der Waals surface area contributed by atoms with Gasteiger partial charge in [0.2, 0.25) is 0 Å². The highest BCUT2D eigenvalue weighted by molar-refractivity contribution is 6.30. The van der Waals surface area contributed by atoms with Crippen molar-refractivity contribution in [1.29, 1.82) is 0 Å². The number of nitrogens with two attached hydrogens (primary N) is 1. The summed E-state index contributed by atoms with van der Waals surface area (Å²) in [6, 6.07) is 4.66. The van der Waals surface area contributed by atoms with Crippen molar-refractivity contribution in [2.45, 2.75) is 44.8 Å². The van der Waals surface area contributed by atoms with Gasteiger partial charge in [-0.25, -0.2) is 4.39 Å². The van der Waals surface area contributed by atoms with E-state index in [-0.39, 0.29) is 16.7 Å². The highest BCUT2D eigenvalue weighted by Gasteiger charge is 2.35. The van der Waals surface area contributed by atoms with Crippen molar-refractivity contribution in [3.8, 4) is 0 Å². The van der Waals surface area contributed by atoms with Crippen LogP contribution in [-0.2, 0) is 11.2 Å². The Morgan fingerprint density at radius 1 is 1.42 bits per heavy atom. The molecule has 1 aromatic rings. The fourth-order valence-corrected chi connectivity index (χ4v) is 2.68. The fraction of sp³-hybridized carbons (Fsp3) is 0.571. The molecule has 3 N–H and O–H groups in total. The molecule has 0 amide bonds. The van der Waals surface area contributed by atoms with Crippen LogP contribution in [0.1, 0.15) is 32.3 Å². The van der Waals surface area contributed by atoms with E-state index in [4.69, 9.17) is 22.2 Å². The van der Waals surface area contributed by atoms with E-state index in [0.717, 1.165) is 18.4 Å². The standard InChI is InChI=1S/C14H22ClFN2O/c1-4-14(5-2,19-3)13(18-17)9-10-6-7-12(16)11(15)8-10/h6-8,13,18H,4-5,9,17H2,1-3H3. The topological polar surface area (TPSA) is 47.3 Å². The summed E-state index contributed by atoms with van der Waals surface area (Å²) in [6.45, 7) is 4.13. The lowest BCUT2D eigenvalue weighted by Crippen LogP contribution is -2.55. The Morgan fingerprint density at radius 3 is 2.47 bits per heavy atom. The monoisotopic (exact) mass is 288 g/mol. The molecule has 0 aliphatic carbocycles. The summed E-state index contributed by atoms with van der Waals surface area (Å²) in [5.41, 5.74) is 3.41. The van der Waals surface area contributed by atoms with Crippen LogP contribution in [0.3, 0.4) is 0 Å². The molecule has 1 rings (SSSR count). The molecular weight excluding hydrogens is 267 g/mol. The van der Waals surface area contributed by atoms with E-state index in [1.165, 1.54) is 6.07 Å². The highest BCUT2D eigenvalue weighted by atomic mass is 35.5. The van der Waals surface area contributed by atoms with E-state index in [0.29, 0.717) is 6.42 Å². The number of rotatable bonds is 7. The summed E-state index contributed by atoms with van der Waals surface area (Å²) in [5.74, 6) is 5.25. The molecule has 0 saturated carbocycles. The number of hydrogen-bond donors (Lipinski definition) is 2. The second-order valence-electron chi connectivity index (χ2n) is 4.65. The lowest BCUT2D eigenvalue weighted by atomic mass is 9.85. The Labute approximate surface area is 119 Å². The van der Waals surface area contributed by atoms with Crippen molar-refractivity contribution < 1.29 is 9.13 Å². The summed E-state index contributed by atoms with van der Waals surface area (Å²) in [4.78, 5) is 0. The normalized spacial score (nSPS) is 13.6. The maximum Gasteiger partial charge on any atom is 0.141 e. The third-order valence-electron chi connectivity index (χ3n) is 3.86. The van der Waals surface area contributed by atoms with Gasteiger partial charge in [0.05, 0.1) is 16.7 Å². The first-order valence-corrected chi connectivity index (χ1v) is 6.86. The van der Waals surface area contributed by atoms with Gasteiger partial charge in [-0.3, -0.25) is 11.3 Å². The van der Waals surface area contributed by atoms with Crippen molar-refractivity contribution in [3.05, 3.63) is 34.6 Å². The van der Waals surface area contributed by atoms with Gasteiger partial charge in [0.25, 0.3) is 0 Å². The first kappa shape index (κ1) is 16.4. The minimum atomic E-state index is -0.410. The van der Waals surface area contributed by atoms with Gasteiger partial charge in [0, 0.05) is 7.11 Å². The number of hydrogen-bond acceptors (Lipinski definition) is 3. The lowest BCUT2D eigenvalue weighted by molar-refractivity contribution is -0.0473.